The van der Waals surface area contributed by atoms with Gasteiger partial charge in [0.25, 0.3) is 16.6 Å². The summed E-state index contributed by atoms with van der Waals surface area (Å²) in [5, 5.41) is 8.07. The van der Waals surface area contributed by atoms with Crippen LogP contribution < -0.4 is 26.1 Å². The Bertz CT molecular complexity index is 2140. The van der Waals surface area contributed by atoms with Gasteiger partial charge in [-0.15, -0.1) is 5.54 Å². The Hall–Kier alpha value is -4.22. The van der Waals surface area contributed by atoms with Crippen molar-refractivity contribution in [1.82, 2.24) is 5.32 Å². The SMILES string of the molecule is CCCCC[C@@H](C=CC1C(O[Si](c2ccccc2)(c2ccccc2)C(C)(C)C)CC2(C#CC#C[Si](C)(C)C)NC(=O)CC12)O[Si](c1ccccc1)(c1ccccc1)C(C)(C)C. The van der Waals surface area contributed by atoms with Gasteiger partial charge in [-0.2, -0.15) is 0 Å². The lowest BCUT2D eigenvalue weighted by atomic mass is 9.84. The molecule has 1 saturated heterocycles. The van der Waals surface area contributed by atoms with Gasteiger partial charge in [-0.05, 0) is 49.1 Å². The van der Waals surface area contributed by atoms with Crippen LogP contribution in [0.1, 0.15) is 87.0 Å². The van der Waals surface area contributed by atoms with E-state index in [0.29, 0.717) is 12.8 Å². The van der Waals surface area contributed by atoms with Crippen molar-refractivity contribution in [3.63, 3.8) is 0 Å². The fraction of sp³-hybridized carbons (Fsp3) is 0.426. The summed E-state index contributed by atoms with van der Waals surface area (Å²) >= 11 is 0. The Morgan fingerprint density at radius 3 is 1.64 bits per heavy atom. The van der Waals surface area contributed by atoms with Crippen molar-refractivity contribution in [2.45, 2.75) is 134 Å². The summed E-state index contributed by atoms with van der Waals surface area (Å²) in [6.45, 7) is 23.0. The summed E-state index contributed by atoms with van der Waals surface area (Å²) in [4.78, 5) is 13.6. The molecule has 1 amide bonds. The van der Waals surface area contributed by atoms with Crippen LogP contribution in [0.25, 0.3) is 0 Å². The first-order valence-corrected chi connectivity index (χ1v) is 29.9. The number of carbonyl (C=O) groups excluding carboxylic acids is 1. The number of fused-ring (bicyclic) bond motifs is 1. The number of hydrogen-bond acceptors (Lipinski definition) is 3. The third kappa shape index (κ3) is 10.0. The molecule has 1 N–H and O–H groups in total. The summed E-state index contributed by atoms with van der Waals surface area (Å²) in [5.41, 5.74) is 2.68. The molecule has 2 fully saturated rings. The molecule has 320 valence electrons. The molecule has 1 aliphatic carbocycles. The van der Waals surface area contributed by atoms with Crippen molar-refractivity contribution in [3.8, 4) is 23.3 Å². The molecule has 61 heavy (non-hydrogen) atoms. The zero-order valence-electron chi connectivity index (χ0n) is 38.5. The first-order chi connectivity index (χ1) is 29.0. The summed E-state index contributed by atoms with van der Waals surface area (Å²) in [7, 11) is -7.53. The normalized spacial score (nSPS) is 21.2. The van der Waals surface area contributed by atoms with Crippen molar-refractivity contribution < 1.29 is 13.6 Å². The van der Waals surface area contributed by atoms with Crippen LogP contribution in [-0.2, 0) is 13.6 Å². The molecule has 0 aromatic heterocycles. The predicted octanol–water partition coefficient (Wildman–Crippen LogP) is 9.79. The van der Waals surface area contributed by atoms with Crippen molar-refractivity contribution >= 4 is 51.4 Å². The van der Waals surface area contributed by atoms with Gasteiger partial charge >= 0.3 is 0 Å². The molecule has 0 spiro atoms. The molecule has 1 aliphatic heterocycles. The number of unbranched alkanes of at least 4 members (excludes halogenated alkanes) is 2. The molecule has 4 unspecified atom stereocenters. The van der Waals surface area contributed by atoms with Crippen LogP contribution in [0, 0.1) is 35.1 Å². The number of carbonyl (C=O) groups is 1. The molecule has 2 aliphatic rings. The fourth-order valence-corrected chi connectivity index (χ4v) is 19.8. The van der Waals surface area contributed by atoms with E-state index in [0.717, 1.165) is 25.7 Å². The van der Waals surface area contributed by atoms with E-state index in [4.69, 9.17) is 8.85 Å². The monoisotopic (exact) mass is 863 g/mol. The highest BCUT2D eigenvalue weighted by molar-refractivity contribution is 7.00. The van der Waals surface area contributed by atoms with E-state index in [1.54, 1.807) is 0 Å². The second-order valence-electron chi connectivity index (χ2n) is 20.4. The van der Waals surface area contributed by atoms with E-state index < -0.39 is 30.2 Å². The van der Waals surface area contributed by atoms with Crippen LogP contribution in [0.2, 0.25) is 29.7 Å². The first-order valence-electron chi connectivity index (χ1n) is 22.6. The average Bonchev–Trinajstić information content (AvgIpc) is 3.68. The Morgan fingerprint density at radius 1 is 0.721 bits per heavy atom. The molecule has 5 atom stereocenters. The fourth-order valence-electron chi connectivity index (χ4n) is 9.94. The Labute approximate surface area is 371 Å². The van der Waals surface area contributed by atoms with Crippen LogP contribution in [0.5, 0.6) is 0 Å². The molecule has 1 saturated carbocycles. The third-order valence-corrected chi connectivity index (χ3v) is 23.7. The molecule has 0 radical (unpaired) electrons. The van der Waals surface area contributed by atoms with Gasteiger partial charge in [-0.25, -0.2) is 0 Å². The molecule has 6 rings (SSSR count). The third-order valence-electron chi connectivity index (χ3n) is 12.7. The molecule has 7 heteroatoms. The van der Waals surface area contributed by atoms with Crippen molar-refractivity contribution in [1.29, 1.82) is 0 Å². The molecule has 0 bridgehead atoms. The smallest absolute Gasteiger partial charge is 0.261 e. The van der Waals surface area contributed by atoms with Crippen LogP contribution >= 0.6 is 0 Å². The quantitative estimate of drug-likeness (QED) is 0.0595. The predicted molar refractivity (Wildman–Crippen MR) is 264 cm³/mol. The standard InChI is InChI=1S/C54H69NO3Si3/c1-11-12-17-28-43(57-60(52(2,3)4,44-29-18-13-19-30-44)45-31-20-14-21-32-45)37-38-48-49-41-51(56)55-54(49,39-26-27-40-59(8,9)10)42-50(48)58-61(53(5,6)7,46-33-22-15-23-34-46)47-35-24-16-25-36-47/h13-16,18-25,29-38,43,48-50H,11-12,17,28,41-42H2,1-10H3,(H,55,56)/t43-,48?,49?,50?,54?/m0/s1. The van der Waals surface area contributed by atoms with Crippen molar-refractivity contribution in [3.05, 3.63) is 133 Å². The van der Waals surface area contributed by atoms with Crippen molar-refractivity contribution in [2.75, 3.05) is 0 Å². The van der Waals surface area contributed by atoms with Gasteiger partial charge in [0.1, 0.15) is 13.6 Å². The molecule has 4 aromatic rings. The number of rotatable bonds is 14. The lowest BCUT2D eigenvalue weighted by Crippen LogP contribution is -2.68. The molecular formula is C54H69NO3Si3. The summed E-state index contributed by atoms with van der Waals surface area (Å²) in [6.07, 6.45) is 9.57. The second kappa shape index (κ2) is 19.0. The highest BCUT2D eigenvalue weighted by Crippen LogP contribution is 2.50. The maximum atomic E-state index is 13.6. The number of amides is 1. The minimum atomic E-state index is -2.99. The topological polar surface area (TPSA) is 47.6 Å². The molecular weight excluding hydrogens is 795 g/mol. The first kappa shape index (κ1) is 46.3. The van der Waals surface area contributed by atoms with Crippen LogP contribution in [0.3, 0.4) is 0 Å². The van der Waals surface area contributed by atoms with E-state index in [9.17, 15) is 4.79 Å². The van der Waals surface area contributed by atoms with E-state index in [1.165, 1.54) is 20.7 Å². The maximum absolute atomic E-state index is 13.6. The van der Waals surface area contributed by atoms with Gasteiger partial charge in [0.05, 0.1) is 12.2 Å². The molecule has 1 heterocycles. The van der Waals surface area contributed by atoms with Gasteiger partial charge < -0.3 is 14.2 Å². The minimum Gasteiger partial charge on any atom is -0.404 e. The minimum absolute atomic E-state index is 0.0443. The number of benzene rings is 4. The van der Waals surface area contributed by atoms with Gasteiger partial charge in [0.15, 0.2) is 0 Å². The second-order valence-corrected chi connectivity index (χ2v) is 33.6. The van der Waals surface area contributed by atoms with E-state index in [1.807, 2.05) is 0 Å². The summed E-state index contributed by atoms with van der Waals surface area (Å²) < 4.78 is 15.9. The largest absolute Gasteiger partial charge is 0.404 e. The van der Waals surface area contributed by atoms with E-state index >= 15 is 0 Å². The lowest BCUT2D eigenvalue weighted by molar-refractivity contribution is -0.120. The van der Waals surface area contributed by atoms with Crippen molar-refractivity contribution in [2.24, 2.45) is 11.8 Å². The zero-order valence-corrected chi connectivity index (χ0v) is 41.5. The Morgan fingerprint density at radius 2 is 1.20 bits per heavy atom. The van der Waals surface area contributed by atoms with Gasteiger partial charge in [-0.1, -0.05) is 227 Å². The summed E-state index contributed by atoms with van der Waals surface area (Å²) in [5.74, 6) is 9.93. The zero-order chi connectivity index (χ0) is 43.9. The van der Waals surface area contributed by atoms with E-state index in [-0.39, 0.29) is 40.0 Å². The van der Waals surface area contributed by atoms with Crippen LogP contribution in [0.15, 0.2) is 133 Å². The number of nitrogens with one attached hydrogen (secondary N) is 1. The van der Waals surface area contributed by atoms with E-state index in [2.05, 4.69) is 230 Å². The van der Waals surface area contributed by atoms with Crippen LogP contribution in [0.4, 0.5) is 0 Å². The van der Waals surface area contributed by atoms with Gasteiger partial charge in [-0.3, -0.25) is 4.79 Å². The maximum Gasteiger partial charge on any atom is 0.261 e. The summed E-state index contributed by atoms with van der Waals surface area (Å²) in [6, 6.07) is 43.7. The lowest BCUT2D eigenvalue weighted by Gasteiger charge is -2.46. The highest BCUT2D eigenvalue weighted by Gasteiger charge is 2.61. The average molecular weight is 864 g/mol. The Kier molecular flexibility index (Phi) is 14.4. The van der Waals surface area contributed by atoms with Gasteiger partial charge in [0.2, 0.25) is 5.91 Å². The highest BCUT2D eigenvalue weighted by atomic mass is 28.4. The molecule has 4 nitrogen and oxygen atoms in total. The van der Waals surface area contributed by atoms with Crippen LogP contribution in [-0.4, -0.2) is 48.4 Å². The van der Waals surface area contributed by atoms with Gasteiger partial charge in [0, 0.05) is 24.7 Å². The Balaban J connectivity index is 1.53. The molecule has 4 aromatic carbocycles. The number of hydrogen-bond donors (Lipinski definition) is 1.